The van der Waals surface area contributed by atoms with Crippen molar-refractivity contribution in [3.63, 3.8) is 0 Å². The predicted octanol–water partition coefficient (Wildman–Crippen LogP) is 2.17. The first-order valence-corrected chi connectivity index (χ1v) is 5.24. The second kappa shape index (κ2) is 6.73. The zero-order valence-corrected chi connectivity index (χ0v) is 11.4. The van der Waals surface area contributed by atoms with E-state index in [0.29, 0.717) is 11.4 Å². The average Bonchev–Trinajstić information content (AvgIpc) is 2.18. The Bertz CT molecular complexity index is 372. The van der Waals surface area contributed by atoms with Gasteiger partial charge in [-0.25, -0.2) is 0 Å². The van der Waals surface area contributed by atoms with Gasteiger partial charge in [-0.1, -0.05) is 15.9 Å². The first-order chi connectivity index (χ1) is 7.04. The Labute approximate surface area is 109 Å². The number of halogens is 2. The summed E-state index contributed by atoms with van der Waals surface area (Å²) in [5.74, 6) is 0.360. The Morgan fingerprint density at radius 3 is 2.69 bits per heavy atom. The van der Waals surface area contributed by atoms with E-state index in [1.54, 1.807) is 26.2 Å². The molecule has 0 bridgehead atoms. The molecule has 1 aromatic carbocycles. The van der Waals surface area contributed by atoms with E-state index in [0.717, 1.165) is 4.47 Å². The van der Waals surface area contributed by atoms with E-state index >= 15 is 0 Å². The molecular formula is C10H14BrClN2O2. The molecule has 0 radical (unpaired) electrons. The first-order valence-electron chi connectivity index (χ1n) is 4.44. The zero-order chi connectivity index (χ0) is 11.4. The van der Waals surface area contributed by atoms with Gasteiger partial charge in [-0.15, -0.1) is 12.4 Å². The van der Waals surface area contributed by atoms with Crippen LogP contribution in [0.4, 0.5) is 5.69 Å². The molecule has 1 aromatic rings. The maximum absolute atomic E-state index is 11.4. The van der Waals surface area contributed by atoms with Gasteiger partial charge in [0.25, 0.3) is 0 Å². The number of anilines is 1. The normalized spacial score (nSPS) is 11.2. The van der Waals surface area contributed by atoms with E-state index in [4.69, 9.17) is 10.5 Å². The number of benzene rings is 1. The fourth-order valence-electron chi connectivity index (χ4n) is 1.02. The molecule has 0 fully saturated rings. The van der Waals surface area contributed by atoms with Gasteiger partial charge in [0.05, 0.1) is 18.8 Å². The Hall–Kier alpha value is -0.780. The van der Waals surface area contributed by atoms with Crippen molar-refractivity contribution in [1.82, 2.24) is 0 Å². The standard InChI is InChI=1S/C10H13BrN2O2.ClH/c1-6(12)10(14)13-8-5-7(11)3-4-9(8)15-2;/h3-6H,12H2,1-2H3,(H,13,14);1H/t6-;/m1./s1. The molecule has 0 heterocycles. The van der Waals surface area contributed by atoms with Gasteiger partial charge in [-0.3, -0.25) is 4.79 Å². The van der Waals surface area contributed by atoms with Gasteiger partial charge < -0.3 is 15.8 Å². The topological polar surface area (TPSA) is 64.3 Å². The summed E-state index contributed by atoms with van der Waals surface area (Å²) in [5, 5.41) is 2.68. The monoisotopic (exact) mass is 308 g/mol. The number of carbonyl (C=O) groups is 1. The summed E-state index contributed by atoms with van der Waals surface area (Å²) >= 11 is 3.31. The molecule has 0 aliphatic rings. The summed E-state index contributed by atoms with van der Waals surface area (Å²) in [6.07, 6.45) is 0. The number of nitrogens with one attached hydrogen (secondary N) is 1. The molecule has 0 saturated carbocycles. The first kappa shape index (κ1) is 15.2. The molecule has 0 aliphatic heterocycles. The minimum absolute atomic E-state index is 0. The maximum atomic E-state index is 11.4. The van der Waals surface area contributed by atoms with Crippen LogP contribution in [0.2, 0.25) is 0 Å². The molecule has 0 saturated heterocycles. The van der Waals surface area contributed by atoms with Crippen molar-refractivity contribution in [2.24, 2.45) is 5.73 Å². The van der Waals surface area contributed by atoms with Crippen LogP contribution in [0, 0.1) is 0 Å². The SMILES string of the molecule is COc1ccc(Br)cc1NC(=O)[C@@H](C)N.Cl. The van der Waals surface area contributed by atoms with E-state index in [9.17, 15) is 4.79 Å². The quantitative estimate of drug-likeness (QED) is 0.899. The third-order valence-electron chi connectivity index (χ3n) is 1.83. The van der Waals surface area contributed by atoms with Crippen molar-refractivity contribution < 1.29 is 9.53 Å². The van der Waals surface area contributed by atoms with Crippen LogP contribution < -0.4 is 15.8 Å². The van der Waals surface area contributed by atoms with Crippen molar-refractivity contribution in [3.05, 3.63) is 22.7 Å². The van der Waals surface area contributed by atoms with Crippen LogP contribution in [-0.4, -0.2) is 19.1 Å². The van der Waals surface area contributed by atoms with Crippen LogP contribution in [0.5, 0.6) is 5.75 Å². The predicted molar refractivity (Wildman–Crippen MR) is 70.2 cm³/mol. The minimum Gasteiger partial charge on any atom is -0.495 e. The fraction of sp³-hybridized carbons (Fsp3) is 0.300. The lowest BCUT2D eigenvalue weighted by atomic mass is 10.2. The van der Waals surface area contributed by atoms with E-state index in [2.05, 4.69) is 21.2 Å². The Morgan fingerprint density at radius 2 is 2.19 bits per heavy atom. The largest absolute Gasteiger partial charge is 0.495 e. The molecule has 3 N–H and O–H groups in total. The molecule has 0 aliphatic carbocycles. The number of amides is 1. The Balaban J connectivity index is 0.00000225. The van der Waals surface area contributed by atoms with Gasteiger partial charge in [0.15, 0.2) is 0 Å². The molecule has 1 rings (SSSR count). The highest BCUT2D eigenvalue weighted by Gasteiger charge is 2.11. The van der Waals surface area contributed by atoms with Crippen LogP contribution in [0.25, 0.3) is 0 Å². The summed E-state index contributed by atoms with van der Waals surface area (Å²) in [7, 11) is 1.55. The molecule has 1 amide bonds. The van der Waals surface area contributed by atoms with Gasteiger partial charge in [0.2, 0.25) is 5.91 Å². The number of carbonyl (C=O) groups excluding carboxylic acids is 1. The van der Waals surface area contributed by atoms with E-state index in [1.165, 1.54) is 0 Å². The molecule has 6 heteroatoms. The van der Waals surface area contributed by atoms with Crippen LogP contribution in [0.15, 0.2) is 22.7 Å². The van der Waals surface area contributed by atoms with Crippen molar-refractivity contribution >= 4 is 39.9 Å². The van der Waals surface area contributed by atoms with Gasteiger partial charge in [-0.2, -0.15) is 0 Å². The minimum atomic E-state index is -0.548. The Morgan fingerprint density at radius 1 is 1.56 bits per heavy atom. The highest BCUT2D eigenvalue weighted by molar-refractivity contribution is 9.10. The molecule has 0 aromatic heterocycles. The second-order valence-corrected chi connectivity index (χ2v) is 4.04. The van der Waals surface area contributed by atoms with E-state index in [-0.39, 0.29) is 18.3 Å². The molecule has 16 heavy (non-hydrogen) atoms. The Kier molecular flexibility index (Phi) is 6.40. The van der Waals surface area contributed by atoms with E-state index in [1.807, 2.05) is 6.07 Å². The lowest BCUT2D eigenvalue weighted by Crippen LogP contribution is -2.32. The van der Waals surface area contributed by atoms with Crippen molar-refractivity contribution in [2.75, 3.05) is 12.4 Å². The summed E-state index contributed by atoms with van der Waals surface area (Å²) in [4.78, 5) is 11.4. The zero-order valence-electron chi connectivity index (χ0n) is 8.99. The fourth-order valence-corrected chi connectivity index (χ4v) is 1.39. The van der Waals surface area contributed by atoms with Crippen LogP contribution in [0.1, 0.15) is 6.92 Å². The van der Waals surface area contributed by atoms with Crippen LogP contribution >= 0.6 is 28.3 Å². The summed E-state index contributed by atoms with van der Waals surface area (Å²) in [6, 6.07) is 4.81. The molecule has 0 unspecified atom stereocenters. The van der Waals surface area contributed by atoms with Crippen molar-refractivity contribution in [1.29, 1.82) is 0 Å². The van der Waals surface area contributed by atoms with Crippen molar-refractivity contribution in [3.8, 4) is 5.75 Å². The summed E-state index contributed by atoms with van der Waals surface area (Å²) < 4.78 is 5.97. The highest BCUT2D eigenvalue weighted by atomic mass is 79.9. The van der Waals surface area contributed by atoms with E-state index < -0.39 is 6.04 Å². The third-order valence-corrected chi connectivity index (χ3v) is 2.33. The number of ether oxygens (including phenoxy) is 1. The van der Waals surface area contributed by atoms with Gasteiger partial charge in [0.1, 0.15) is 5.75 Å². The highest BCUT2D eigenvalue weighted by Crippen LogP contribution is 2.27. The van der Waals surface area contributed by atoms with Crippen LogP contribution in [-0.2, 0) is 4.79 Å². The maximum Gasteiger partial charge on any atom is 0.241 e. The van der Waals surface area contributed by atoms with Gasteiger partial charge in [0, 0.05) is 4.47 Å². The average molecular weight is 310 g/mol. The van der Waals surface area contributed by atoms with Crippen molar-refractivity contribution in [2.45, 2.75) is 13.0 Å². The van der Waals surface area contributed by atoms with Gasteiger partial charge >= 0.3 is 0 Å². The summed E-state index contributed by atoms with van der Waals surface area (Å²) in [5.41, 5.74) is 6.05. The number of rotatable bonds is 3. The lowest BCUT2D eigenvalue weighted by molar-refractivity contribution is -0.117. The van der Waals surface area contributed by atoms with Crippen LogP contribution in [0.3, 0.4) is 0 Å². The second-order valence-electron chi connectivity index (χ2n) is 3.12. The lowest BCUT2D eigenvalue weighted by Gasteiger charge is -2.11. The molecule has 90 valence electrons. The number of methoxy groups -OCH3 is 1. The number of hydrogen-bond acceptors (Lipinski definition) is 3. The molecule has 4 nitrogen and oxygen atoms in total. The molecule has 0 spiro atoms. The smallest absolute Gasteiger partial charge is 0.241 e. The molecule has 1 atom stereocenters. The molecular weight excluding hydrogens is 295 g/mol. The summed E-state index contributed by atoms with van der Waals surface area (Å²) in [6.45, 7) is 1.62. The van der Waals surface area contributed by atoms with Gasteiger partial charge in [-0.05, 0) is 25.1 Å². The third kappa shape index (κ3) is 4.00. The number of hydrogen-bond donors (Lipinski definition) is 2. The number of nitrogens with two attached hydrogens (primary N) is 1.